The van der Waals surface area contributed by atoms with Crippen molar-refractivity contribution >= 4 is 23.1 Å². The number of carbonyl (C=O) groups excluding carboxylic acids is 1. The third kappa shape index (κ3) is 4.71. The summed E-state index contributed by atoms with van der Waals surface area (Å²) in [7, 11) is 0. The molecule has 0 bridgehead atoms. The zero-order valence-electron chi connectivity index (χ0n) is 12.5. The van der Waals surface area contributed by atoms with Crippen LogP contribution < -0.4 is 5.32 Å². The van der Waals surface area contributed by atoms with E-state index in [0.717, 1.165) is 32.5 Å². The number of nitrogens with zero attached hydrogens (tertiary/aromatic N) is 1. The number of ether oxygens (including phenoxy) is 1. The number of nitrogens with one attached hydrogen (secondary N) is 1. The molecule has 0 saturated carbocycles. The van der Waals surface area contributed by atoms with Gasteiger partial charge >= 0.3 is 6.09 Å². The molecule has 1 aliphatic heterocycles. The number of amides is 1. The van der Waals surface area contributed by atoms with Gasteiger partial charge in [0, 0.05) is 30.7 Å². The van der Waals surface area contributed by atoms with Crippen molar-refractivity contribution in [1.29, 1.82) is 0 Å². The molecular formula is C15H24N2O2S. The lowest BCUT2D eigenvalue weighted by molar-refractivity contribution is 0.0172. The van der Waals surface area contributed by atoms with Gasteiger partial charge in [-0.2, -0.15) is 11.3 Å². The summed E-state index contributed by atoms with van der Waals surface area (Å²) in [5.74, 6) is 0.496. The summed E-state index contributed by atoms with van der Waals surface area (Å²) in [6, 6.07) is 2.08. The normalized spacial score (nSPS) is 19.8. The summed E-state index contributed by atoms with van der Waals surface area (Å²) in [5, 5.41) is 7.61. The molecule has 1 atom stereocenters. The van der Waals surface area contributed by atoms with Crippen LogP contribution >= 0.6 is 11.3 Å². The Morgan fingerprint density at radius 3 is 3.00 bits per heavy atom. The molecule has 2 rings (SSSR count). The van der Waals surface area contributed by atoms with E-state index >= 15 is 0 Å². The van der Waals surface area contributed by atoms with Crippen LogP contribution in [-0.2, 0) is 4.74 Å². The molecule has 0 spiro atoms. The molecule has 0 radical (unpaired) electrons. The average molecular weight is 296 g/mol. The van der Waals surface area contributed by atoms with Crippen LogP contribution in [0.1, 0.15) is 33.6 Å². The molecule has 1 unspecified atom stereocenters. The van der Waals surface area contributed by atoms with Crippen LogP contribution in [0, 0.1) is 5.92 Å². The van der Waals surface area contributed by atoms with E-state index in [0.29, 0.717) is 5.92 Å². The van der Waals surface area contributed by atoms with Gasteiger partial charge < -0.3 is 15.0 Å². The fourth-order valence-electron chi connectivity index (χ4n) is 2.35. The van der Waals surface area contributed by atoms with Gasteiger partial charge in [0.25, 0.3) is 0 Å². The Morgan fingerprint density at radius 1 is 1.55 bits per heavy atom. The number of likely N-dealkylation sites (tertiary alicyclic amines) is 1. The summed E-state index contributed by atoms with van der Waals surface area (Å²) in [4.78, 5) is 13.9. The number of piperidine rings is 1. The van der Waals surface area contributed by atoms with Crippen molar-refractivity contribution in [2.75, 3.05) is 25.0 Å². The minimum Gasteiger partial charge on any atom is -0.444 e. The molecule has 5 heteroatoms. The molecular weight excluding hydrogens is 272 g/mol. The predicted octanol–water partition coefficient (Wildman–Crippen LogP) is 3.81. The topological polar surface area (TPSA) is 41.6 Å². The van der Waals surface area contributed by atoms with Crippen LogP contribution in [0.4, 0.5) is 10.5 Å². The molecule has 112 valence electrons. The molecule has 1 aromatic rings. The summed E-state index contributed by atoms with van der Waals surface area (Å²) in [6.45, 7) is 8.23. The Bertz CT molecular complexity index is 426. The lowest BCUT2D eigenvalue weighted by Crippen LogP contribution is -2.44. The van der Waals surface area contributed by atoms with Crippen LogP contribution in [0.3, 0.4) is 0 Å². The molecule has 1 aliphatic rings. The van der Waals surface area contributed by atoms with Crippen LogP contribution in [0.15, 0.2) is 16.8 Å². The quantitative estimate of drug-likeness (QED) is 0.922. The lowest BCUT2D eigenvalue weighted by atomic mass is 9.98. The van der Waals surface area contributed by atoms with Gasteiger partial charge in [-0.15, -0.1) is 0 Å². The molecule has 1 saturated heterocycles. The zero-order valence-corrected chi connectivity index (χ0v) is 13.3. The highest BCUT2D eigenvalue weighted by Crippen LogP contribution is 2.20. The van der Waals surface area contributed by atoms with Gasteiger partial charge in [0.05, 0.1) is 0 Å². The molecule has 4 nitrogen and oxygen atoms in total. The predicted molar refractivity (Wildman–Crippen MR) is 83.3 cm³/mol. The molecule has 0 aliphatic carbocycles. The van der Waals surface area contributed by atoms with Gasteiger partial charge in [-0.3, -0.25) is 0 Å². The number of anilines is 1. The van der Waals surface area contributed by atoms with E-state index in [2.05, 4.69) is 22.1 Å². The van der Waals surface area contributed by atoms with Gasteiger partial charge in [0.15, 0.2) is 0 Å². The number of hydrogen-bond acceptors (Lipinski definition) is 4. The second-order valence-corrected chi connectivity index (χ2v) is 7.11. The molecule has 0 aromatic carbocycles. The van der Waals surface area contributed by atoms with E-state index in [-0.39, 0.29) is 6.09 Å². The van der Waals surface area contributed by atoms with Gasteiger partial charge in [-0.1, -0.05) is 0 Å². The fraction of sp³-hybridized carbons (Fsp3) is 0.667. The maximum absolute atomic E-state index is 12.1. The largest absolute Gasteiger partial charge is 0.444 e. The molecule has 1 N–H and O–H groups in total. The van der Waals surface area contributed by atoms with E-state index in [1.54, 1.807) is 11.3 Å². The van der Waals surface area contributed by atoms with Crippen molar-refractivity contribution in [3.63, 3.8) is 0 Å². The van der Waals surface area contributed by atoms with Crippen LogP contribution in [-0.4, -0.2) is 36.2 Å². The van der Waals surface area contributed by atoms with Crippen molar-refractivity contribution < 1.29 is 9.53 Å². The Hall–Kier alpha value is -1.23. The van der Waals surface area contributed by atoms with Crippen molar-refractivity contribution in [2.24, 2.45) is 5.92 Å². The van der Waals surface area contributed by atoms with E-state index in [9.17, 15) is 4.79 Å². The summed E-state index contributed by atoms with van der Waals surface area (Å²) in [5.41, 5.74) is 0.753. The second kappa shape index (κ2) is 6.48. The Balaban J connectivity index is 1.80. The Kier molecular flexibility index (Phi) is 4.91. The van der Waals surface area contributed by atoms with E-state index in [1.165, 1.54) is 5.69 Å². The van der Waals surface area contributed by atoms with E-state index < -0.39 is 5.60 Å². The highest BCUT2D eigenvalue weighted by atomic mass is 32.1. The van der Waals surface area contributed by atoms with Crippen molar-refractivity contribution in [2.45, 2.75) is 39.2 Å². The maximum atomic E-state index is 12.1. The first-order valence-corrected chi connectivity index (χ1v) is 8.12. The van der Waals surface area contributed by atoms with Crippen LogP contribution in [0.5, 0.6) is 0 Å². The minimum atomic E-state index is -0.418. The summed E-state index contributed by atoms with van der Waals surface area (Å²) >= 11 is 1.69. The van der Waals surface area contributed by atoms with Gasteiger partial charge in [-0.25, -0.2) is 4.79 Å². The number of carbonyl (C=O) groups is 1. The first kappa shape index (κ1) is 15.2. The zero-order chi connectivity index (χ0) is 14.6. The fourth-order valence-corrected chi connectivity index (χ4v) is 2.96. The molecule has 2 heterocycles. The molecule has 1 amide bonds. The standard InChI is InChI=1S/C15H24N2O2S/c1-15(2,3)19-14(18)17-7-4-5-12(10-17)9-16-13-6-8-20-11-13/h6,8,11-12,16H,4-5,7,9-10H2,1-3H3. The van der Waals surface area contributed by atoms with Crippen molar-refractivity contribution in [3.8, 4) is 0 Å². The SMILES string of the molecule is CC(C)(C)OC(=O)N1CCCC(CNc2ccsc2)C1. The van der Waals surface area contributed by atoms with E-state index in [1.807, 2.05) is 25.7 Å². The first-order valence-electron chi connectivity index (χ1n) is 7.18. The van der Waals surface area contributed by atoms with E-state index in [4.69, 9.17) is 4.74 Å². The molecule has 20 heavy (non-hydrogen) atoms. The van der Waals surface area contributed by atoms with Gasteiger partial charge in [-0.05, 0) is 51.0 Å². The summed E-state index contributed by atoms with van der Waals surface area (Å²) < 4.78 is 5.44. The first-order chi connectivity index (χ1) is 9.44. The molecule has 1 aromatic heterocycles. The highest BCUT2D eigenvalue weighted by molar-refractivity contribution is 7.08. The highest BCUT2D eigenvalue weighted by Gasteiger charge is 2.27. The Labute approximate surface area is 125 Å². The van der Waals surface area contributed by atoms with Gasteiger partial charge in [0.2, 0.25) is 0 Å². The number of rotatable bonds is 3. The smallest absolute Gasteiger partial charge is 0.410 e. The average Bonchev–Trinajstić information content (AvgIpc) is 2.88. The summed E-state index contributed by atoms with van der Waals surface area (Å²) in [6.07, 6.45) is 2.03. The second-order valence-electron chi connectivity index (χ2n) is 6.33. The molecule has 1 fully saturated rings. The monoisotopic (exact) mass is 296 g/mol. The van der Waals surface area contributed by atoms with Crippen LogP contribution in [0.25, 0.3) is 0 Å². The number of hydrogen-bond donors (Lipinski definition) is 1. The Morgan fingerprint density at radius 2 is 2.35 bits per heavy atom. The lowest BCUT2D eigenvalue weighted by Gasteiger charge is -2.34. The third-order valence-electron chi connectivity index (χ3n) is 3.29. The van der Waals surface area contributed by atoms with Gasteiger partial charge in [0.1, 0.15) is 5.60 Å². The maximum Gasteiger partial charge on any atom is 0.410 e. The minimum absolute atomic E-state index is 0.183. The van der Waals surface area contributed by atoms with Crippen molar-refractivity contribution in [3.05, 3.63) is 16.8 Å². The van der Waals surface area contributed by atoms with Crippen molar-refractivity contribution in [1.82, 2.24) is 4.90 Å². The van der Waals surface area contributed by atoms with Crippen LogP contribution in [0.2, 0.25) is 0 Å². The number of thiophene rings is 1. The third-order valence-corrected chi connectivity index (χ3v) is 3.97.